The second-order valence-electron chi connectivity index (χ2n) is 5.94. The van der Waals surface area contributed by atoms with Crippen molar-refractivity contribution >= 4 is 10.0 Å². The lowest BCUT2D eigenvalue weighted by atomic mass is 10.1. The molecule has 0 saturated carbocycles. The summed E-state index contributed by atoms with van der Waals surface area (Å²) >= 11 is 0. The molecule has 2 rings (SSSR count). The van der Waals surface area contributed by atoms with Gasteiger partial charge in [-0.15, -0.1) is 0 Å². The second-order valence-corrected chi connectivity index (χ2v) is 8.09. The minimum Gasteiger partial charge on any atom is -0.392 e. The van der Waals surface area contributed by atoms with E-state index in [1.54, 1.807) is 12.1 Å². The molecule has 2 aromatic carbocycles. The van der Waals surface area contributed by atoms with E-state index in [9.17, 15) is 13.5 Å². The quantitative estimate of drug-likeness (QED) is 0.805. The van der Waals surface area contributed by atoms with Crippen LogP contribution in [0, 0.1) is 0 Å². The molecule has 0 saturated heterocycles. The summed E-state index contributed by atoms with van der Waals surface area (Å²) in [5, 5.41) is 12.6. The molecule has 0 amide bonds. The Balaban J connectivity index is 2.02. The van der Waals surface area contributed by atoms with Crippen LogP contribution in [0.5, 0.6) is 0 Å². The van der Waals surface area contributed by atoms with Crippen LogP contribution < -0.4 is 5.32 Å². The average Bonchev–Trinajstić information content (AvgIpc) is 2.59. The van der Waals surface area contributed by atoms with Gasteiger partial charge in [0, 0.05) is 26.7 Å². The fraction of sp³-hybridized carbons (Fsp3) is 0.333. The Labute approximate surface area is 144 Å². The molecule has 0 spiro atoms. The molecule has 6 heteroatoms. The predicted molar refractivity (Wildman–Crippen MR) is 94.9 cm³/mol. The number of nitrogens with zero attached hydrogens (tertiary/aromatic N) is 1. The summed E-state index contributed by atoms with van der Waals surface area (Å²) in [6, 6.07) is 14.8. The third-order valence-electron chi connectivity index (χ3n) is 3.95. The van der Waals surface area contributed by atoms with Crippen molar-refractivity contribution in [2.75, 3.05) is 14.1 Å². The molecule has 0 fully saturated rings. The second kappa shape index (κ2) is 7.90. The van der Waals surface area contributed by atoms with Crippen LogP contribution in [0.25, 0.3) is 0 Å². The molecule has 5 nitrogen and oxygen atoms in total. The van der Waals surface area contributed by atoms with Crippen LogP contribution in [0.4, 0.5) is 0 Å². The van der Waals surface area contributed by atoms with E-state index in [1.807, 2.05) is 36.4 Å². The summed E-state index contributed by atoms with van der Waals surface area (Å²) in [6.45, 7) is 2.72. The zero-order valence-corrected chi connectivity index (χ0v) is 15.0. The van der Waals surface area contributed by atoms with Gasteiger partial charge in [-0.1, -0.05) is 36.4 Å². The Kier molecular flexibility index (Phi) is 6.12. The molecule has 0 bridgehead atoms. The van der Waals surface area contributed by atoms with Crippen LogP contribution in [-0.2, 0) is 23.2 Å². The van der Waals surface area contributed by atoms with Crippen molar-refractivity contribution in [3.8, 4) is 0 Å². The highest BCUT2D eigenvalue weighted by Gasteiger charge is 2.16. The molecule has 1 unspecified atom stereocenters. The van der Waals surface area contributed by atoms with Gasteiger partial charge in [0.15, 0.2) is 0 Å². The first kappa shape index (κ1) is 18.6. The zero-order chi connectivity index (χ0) is 17.7. The van der Waals surface area contributed by atoms with Crippen molar-refractivity contribution in [3.63, 3.8) is 0 Å². The summed E-state index contributed by atoms with van der Waals surface area (Å²) in [7, 11) is -0.345. The van der Waals surface area contributed by atoms with Crippen molar-refractivity contribution in [2.45, 2.75) is 31.0 Å². The van der Waals surface area contributed by atoms with Crippen molar-refractivity contribution in [1.82, 2.24) is 9.62 Å². The van der Waals surface area contributed by atoms with Gasteiger partial charge in [-0.2, -0.15) is 0 Å². The molecule has 24 heavy (non-hydrogen) atoms. The fourth-order valence-electron chi connectivity index (χ4n) is 2.34. The number of nitrogens with one attached hydrogen (secondary N) is 1. The maximum atomic E-state index is 12.0. The number of aliphatic hydroxyl groups excluding tert-OH is 1. The van der Waals surface area contributed by atoms with Crippen LogP contribution in [0.1, 0.15) is 29.7 Å². The SMILES string of the molecule is CC(NCc1ccc(S(=O)(=O)N(C)C)cc1)c1cccc(CO)c1. The summed E-state index contributed by atoms with van der Waals surface area (Å²) in [4.78, 5) is 0.292. The van der Waals surface area contributed by atoms with Gasteiger partial charge < -0.3 is 10.4 Å². The molecule has 2 aromatic rings. The van der Waals surface area contributed by atoms with Gasteiger partial charge in [-0.3, -0.25) is 0 Å². The van der Waals surface area contributed by atoms with Gasteiger partial charge in [-0.05, 0) is 35.7 Å². The number of hydrogen-bond acceptors (Lipinski definition) is 4. The van der Waals surface area contributed by atoms with E-state index >= 15 is 0 Å². The average molecular weight is 348 g/mol. The van der Waals surface area contributed by atoms with E-state index in [0.717, 1.165) is 16.7 Å². The lowest BCUT2D eigenvalue weighted by Gasteiger charge is -2.16. The first-order chi connectivity index (χ1) is 11.3. The molecule has 0 aliphatic rings. The topological polar surface area (TPSA) is 69.6 Å². The van der Waals surface area contributed by atoms with E-state index in [0.29, 0.717) is 11.4 Å². The Hall–Kier alpha value is -1.73. The van der Waals surface area contributed by atoms with Gasteiger partial charge in [0.2, 0.25) is 10.0 Å². The van der Waals surface area contributed by atoms with Crippen LogP contribution in [-0.4, -0.2) is 31.9 Å². The van der Waals surface area contributed by atoms with Crippen LogP contribution in [0.15, 0.2) is 53.4 Å². The monoisotopic (exact) mass is 348 g/mol. The third kappa shape index (κ3) is 4.42. The van der Waals surface area contributed by atoms with Crippen molar-refractivity contribution < 1.29 is 13.5 Å². The summed E-state index contributed by atoms with van der Waals surface area (Å²) in [6.07, 6.45) is 0. The number of hydrogen-bond donors (Lipinski definition) is 2. The molecule has 0 heterocycles. The lowest BCUT2D eigenvalue weighted by Crippen LogP contribution is -2.22. The number of aliphatic hydroxyl groups is 1. The number of sulfonamides is 1. The van der Waals surface area contributed by atoms with Crippen LogP contribution in [0.2, 0.25) is 0 Å². The highest BCUT2D eigenvalue weighted by molar-refractivity contribution is 7.89. The molecule has 1 atom stereocenters. The van der Waals surface area contributed by atoms with E-state index < -0.39 is 10.0 Å². The Bertz CT molecular complexity index is 771. The molecule has 0 radical (unpaired) electrons. The predicted octanol–water partition coefficient (Wildman–Crippen LogP) is 2.28. The molecular formula is C18H24N2O3S. The highest BCUT2D eigenvalue weighted by atomic mass is 32.2. The standard InChI is InChI=1S/C18H24N2O3S/c1-14(17-6-4-5-16(11-17)13-21)19-12-15-7-9-18(10-8-15)24(22,23)20(2)3/h4-11,14,19,21H,12-13H2,1-3H3. The Morgan fingerprint density at radius 2 is 1.75 bits per heavy atom. The molecular weight excluding hydrogens is 324 g/mol. The van der Waals surface area contributed by atoms with Crippen LogP contribution >= 0.6 is 0 Å². The van der Waals surface area contributed by atoms with Crippen LogP contribution in [0.3, 0.4) is 0 Å². The maximum Gasteiger partial charge on any atom is 0.242 e. The number of benzene rings is 2. The first-order valence-electron chi connectivity index (χ1n) is 7.79. The molecule has 130 valence electrons. The highest BCUT2D eigenvalue weighted by Crippen LogP contribution is 2.17. The largest absolute Gasteiger partial charge is 0.392 e. The van der Waals surface area contributed by atoms with Crippen molar-refractivity contribution in [2.24, 2.45) is 0 Å². The fourth-order valence-corrected chi connectivity index (χ4v) is 3.24. The maximum absolute atomic E-state index is 12.0. The first-order valence-corrected chi connectivity index (χ1v) is 9.23. The minimum absolute atomic E-state index is 0.0301. The van der Waals surface area contributed by atoms with Crippen molar-refractivity contribution in [3.05, 3.63) is 65.2 Å². The molecule has 2 N–H and O–H groups in total. The molecule has 0 aromatic heterocycles. The Morgan fingerprint density at radius 3 is 2.33 bits per heavy atom. The lowest BCUT2D eigenvalue weighted by molar-refractivity contribution is 0.281. The summed E-state index contributed by atoms with van der Waals surface area (Å²) in [5.41, 5.74) is 3.01. The molecule has 0 aliphatic heterocycles. The minimum atomic E-state index is -3.39. The van der Waals surface area contributed by atoms with Crippen molar-refractivity contribution in [1.29, 1.82) is 0 Å². The van der Waals surface area contributed by atoms with E-state index in [4.69, 9.17) is 0 Å². The normalized spacial score (nSPS) is 13.2. The van der Waals surface area contributed by atoms with Gasteiger partial charge in [-0.25, -0.2) is 12.7 Å². The summed E-state index contributed by atoms with van der Waals surface area (Å²) < 4.78 is 25.3. The smallest absolute Gasteiger partial charge is 0.242 e. The van der Waals surface area contributed by atoms with E-state index in [1.165, 1.54) is 18.4 Å². The summed E-state index contributed by atoms with van der Waals surface area (Å²) in [5.74, 6) is 0. The Morgan fingerprint density at radius 1 is 1.08 bits per heavy atom. The van der Waals surface area contributed by atoms with E-state index in [-0.39, 0.29) is 12.6 Å². The zero-order valence-electron chi connectivity index (χ0n) is 14.2. The number of rotatable bonds is 7. The van der Waals surface area contributed by atoms with Gasteiger partial charge in [0.1, 0.15) is 0 Å². The van der Waals surface area contributed by atoms with Gasteiger partial charge >= 0.3 is 0 Å². The van der Waals surface area contributed by atoms with Gasteiger partial charge in [0.25, 0.3) is 0 Å². The third-order valence-corrected chi connectivity index (χ3v) is 5.78. The molecule has 0 aliphatic carbocycles. The van der Waals surface area contributed by atoms with Gasteiger partial charge in [0.05, 0.1) is 11.5 Å². The van der Waals surface area contributed by atoms with E-state index in [2.05, 4.69) is 12.2 Å².